The minimum atomic E-state index is -0.0916. The number of hydrogen-bond acceptors (Lipinski definition) is 3. The third-order valence-corrected chi connectivity index (χ3v) is 3.52. The topological polar surface area (TPSA) is 67.1 Å². The second-order valence-corrected chi connectivity index (χ2v) is 4.66. The van der Waals surface area contributed by atoms with Crippen LogP contribution in [0.2, 0.25) is 0 Å². The lowest BCUT2D eigenvalue weighted by atomic mass is 10.1. The fourth-order valence-electron chi connectivity index (χ4n) is 1.45. The van der Waals surface area contributed by atoms with Crippen molar-refractivity contribution < 1.29 is 4.79 Å². The van der Waals surface area contributed by atoms with Crippen LogP contribution in [0.15, 0.2) is 0 Å². The standard InChI is InChI=1S/C9H19N3OS/c10-3-4-11-9(13)12-6-8-2-1-5-14-7-8/h8H,1-7,10H2,(H2,11,12,13). The Kier molecular flexibility index (Phi) is 5.78. The van der Waals surface area contributed by atoms with Gasteiger partial charge < -0.3 is 16.4 Å². The largest absolute Gasteiger partial charge is 0.338 e. The number of rotatable bonds is 4. The molecule has 0 aromatic heterocycles. The molecule has 1 aliphatic rings. The third kappa shape index (κ3) is 4.72. The summed E-state index contributed by atoms with van der Waals surface area (Å²) in [6, 6.07) is -0.0916. The number of nitrogens with two attached hydrogens (primary N) is 1. The maximum absolute atomic E-state index is 11.2. The first-order valence-electron chi connectivity index (χ1n) is 5.12. The van der Waals surface area contributed by atoms with E-state index in [1.807, 2.05) is 11.8 Å². The van der Waals surface area contributed by atoms with Gasteiger partial charge in [0.1, 0.15) is 0 Å². The molecule has 0 bridgehead atoms. The van der Waals surface area contributed by atoms with Gasteiger partial charge in [0.25, 0.3) is 0 Å². The highest BCUT2D eigenvalue weighted by Gasteiger charge is 2.14. The number of hydrogen-bond donors (Lipinski definition) is 3. The molecule has 0 aromatic carbocycles. The molecule has 4 N–H and O–H groups in total. The lowest BCUT2D eigenvalue weighted by molar-refractivity contribution is 0.239. The molecule has 1 unspecified atom stereocenters. The summed E-state index contributed by atoms with van der Waals surface area (Å²) in [4.78, 5) is 11.2. The second-order valence-electron chi connectivity index (χ2n) is 3.51. The summed E-state index contributed by atoms with van der Waals surface area (Å²) < 4.78 is 0. The Labute approximate surface area is 89.4 Å². The quantitative estimate of drug-likeness (QED) is 0.638. The van der Waals surface area contributed by atoms with Crippen molar-refractivity contribution in [1.29, 1.82) is 0 Å². The highest BCUT2D eigenvalue weighted by molar-refractivity contribution is 7.99. The molecular formula is C9H19N3OS. The zero-order chi connectivity index (χ0) is 10.2. The van der Waals surface area contributed by atoms with Crippen LogP contribution in [0.5, 0.6) is 0 Å². The van der Waals surface area contributed by atoms with Crippen LogP contribution in [0.1, 0.15) is 12.8 Å². The summed E-state index contributed by atoms with van der Waals surface area (Å²) in [5.41, 5.74) is 5.27. The normalized spacial score (nSPS) is 21.6. The summed E-state index contributed by atoms with van der Waals surface area (Å²) in [7, 11) is 0. The summed E-state index contributed by atoms with van der Waals surface area (Å²) in [5, 5.41) is 5.56. The van der Waals surface area contributed by atoms with Gasteiger partial charge in [0, 0.05) is 19.6 Å². The zero-order valence-electron chi connectivity index (χ0n) is 8.42. The van der Waals surface area contributed by atoms with Crippen LogP contribution in [-0.2, 0) is 0 Å². The molecule has 1 aliphatic heterocycles. The molecule has 1 rings (SSSR count). The molecule has 1 saturated heterocycles. The van der Waals surface area contributed by atoms with Crippen LogP contribution in [0.25, 0.3) is 0 Å². The zero-order valence-corrected chi connectivity index (χ0v) is 9.24. The molecule has 0 aromatic rings. The van der Waals surface area contributed by atoms with E-state index in [0.717, 1.165) is 6.54 Å². The Morgan fingerprint density at radius 1 is 1.50 bits per heavy atom. The number of thioether (sulfide) groups is 1. The van der Waals surface area contributed by atoms with Crippen LogP contribution in [-0.4, -0.2) is 37.2 Å². The number of urea groups is 1. The van der Waals surface area contributed by atoms with E-state index >= 15 is 0 Å². The van der Waals surface area contributed by atoms with Crippen LogP contribution in [0, 0.1) is 5.92 Å². The Morgan fingerprint density at radius 2 is 2.36 bits per heavy atom. The molecule has 2 amide bonds. The van der Waals surface area contributed by atoms with E-state index in [0.29, 0.717) is 19.0 Å². The van der Waals surface area contributed by atoms with Gasteiger partial charge in [-0.3, -0.25) is 0 Å². The molecule has 0 radical (unpaired) electrons. The smallest absolute Gasteiger partial charge is 0.314 e. The highest BCUT2D eigenvalue weighted by Crippen LogP contribution is 2.21. The van der Waals surface area contributed by atoms with Crippen LogP contribution < -0.4 is 16.4 Å². The maximum Gasteiger partial charge on any atom is 0.314 e. The molecule has 5 heteroatoms. The summed E-state index contributed by atoms with van der Waals surface area (Å²) in [6.07, 6.45) is 2.52. The van der Waals surface area contributed by atoms with Crippen molar-refractivity contribution in [2.24, 2.45) is 11.7 Å². The van der Waals surface area contributed by atoms with Crippen molar-refractivity contribution in [3.8, 4) is 0 Å². The van der Waals surface area contributed by atoms with Gasteiger partial charge in [-0.05, 0) is 30.3 Å². The van der Waals surface area contributed by atoms with Gasteiger partial charge in [-0.25, -0.2) is 4.79 Å². The van der Waals surface area contributed by atoms with Crippen molar-refractivity contribution in [1.82, 2.24) is 10.6 Å². The Balaban J connectivity index is 2.03. The van der Waals surface area contributed by atoms with Gasteiger partial charge >= 0.3 is 6.03 Å². The van der Waals surface area contributed by atoms with Crippen molar-refractivity contribution in [3.63, 3.8) is 0 Å². The van der Waals surface area contributed by atoms with E-state index in [-0.39, 0.29) is 6.03 Å². The van der Waals surface area contributed by atoms with Crippen LogP contribution in [0.3, 0.4) is 0 Å². The third-order valence-electron chi connectivity index (χ3n) is 2.24. The monoisotopic (exact) mass is 217 g/mol. The molecule has 1 atom stereocenters. The van der Waals surface area contributed by atoms with Crippen LogP contribution >= 0.6 is 11.8 Å². The molecule has 1 heterocycles. The minimum Gasteiger partial charge on any atom is -0.338 e. The molecule has 0 aliphatic carbocycles. The summed E-state index contributed by atoms with van der Waals surface area (Å²) >= 11 is 1.98. The lowest BCUT2D eigenvalue weighted by Crippen LogP contribution is -2.41. The van der Waals surface area contributed by atoms with Gasteiger partial charge in [0.05, 0.1) is 0 Å². The van der Waals surface area contributed by atoms with E-state index < -0.39 is 0 Å². The van der Waals surface area contributed by atoms with E-state index in [2.05, 4.69) is 10.6 Å². The Hall–Kier alpha value is -0.420. The number of amides is 2. The van der Waals surface area contributed by atoms with E-state index in [1.165, 1.54) is 24.3 Å². The average molecular weight is 217 g/mol. The van der Waals surface area contributed by atoms with Crippen LogP contribution in [0.4, 0.5) is 4.79 Å². The molecule has 0 saturated carbocycles. The van der Waals surface area contributed by atoms with Crippen molar-refractivity contribution in [2.45, 2.75) is 12.8 Å². The Morgan fingerprint density at radius 3 is 3.00 bits per heavy atom. The van der Waals surface area contributed by atoms with Crippen molar-refractivity contribution >= 4 is 17.8 Å². The first-order valence-corrected chi connectivity index (χ1v) is 6.28. The molecule has 14 heavy (non-hydrogen) atoms. The number of nitrogens with one attached hydrogen (secondary N) is 2. The van der Waals surface area contributed by atoms with Crippen molar-refractivity contribution in [3.05, 3.63) is 0 Å². The predicted octanol–water partition coefficient (Wildman–Crippen LogP) is 0.387. The first-order chi connectivity index (χ1) is 6.83. The average Bonchev–Trinajstić information content (AvgIpc) is 2.25. The van der Waals surface area contributed by atoms with Gasteiger partial charge in [-0.2, -0.15) is 11.8 Å². The lowest BCUT2D eigenvalue weighted by Gasteiger charge is -2.21. The SMILES string of the molecule is NCCNC(=O)NCC1CCCSC1. The Bertz CT molecular complexity index is 171. The summed E-state index contributed by atoms with van der Waals surface area (Å²) in [5.74, 6) is 3.10. The van der Waals surface area contributed by atoms with Gasteiger partial charge in [0.15, 0.2) is 0 Å². The fraction of sp³-hybridized carbons (Fsp3) is 0.889. The minimum absolute atomic E-state index is 0.0916. The van der Waals surface area contributed by atoms with Gasteiger partial charge in [-0.1, -0.05) is 0 Å². The van der Waals surface area contributed by atoms with E-state index in [9.17, 15) is 4.79 Å². The fourth-order valence-corrected chi connectivity index (χ4v) is 2.61. The van der Waals surface area contributed by atoms with E-state index in [1.54, 1.807) is 0 Å². The maximum atomic E-state index is 11.2. The van der Waals surface area contributed by atoms with E-state index in [4.69, 9.17) is 5.73 Å². The van der Waals surface area contributed by atoms with Gasteiger partial charge in [0.2, 0.25) is 0 Å². The summed E-state index contributed by atoms with van der Waals surface area (Å²) in [6.45, 7) is 1.83. The predicted molar refractivity (Wildman–Crippen MR) is 60.5 cm³/mol. The number of carbonyl (C=O) groups excluding carboxylic acids is 1. The first kappa shape index (κ1) is 11.7. The molecule has 4 nitrogen and oxygen atoms in total. The molecule has 0 spiro atoms. The molecular weight excluding hydrogens is 198 g/mol. The second kappa shape index (κ2) is 6.95. The van der Waals surface area contributed by atoms with Crippen molar-refractivity contribution in [2.75, 3.05) is 31.1 Å². The number of carbonyl (C=O) groups is 1. The molecule has 1 fully saturated rings. The molecule has 82 valence electrons. The van der Waals surface area contributed by atoms with Gasteiger partial charge in [-0.15, -0.1) is 0 Å². The highest BCUT2D eigenvalue weighted by atomic mass is 32.2.